The number of thioether (sulfide) groups is 1. The first-order valence-corrected chi connectivity index (χ1v) is 12.9. The van der Waals surface area contributed by atoms with Crippen molar-refractivity contribution in [1.29, 1.82) is 0 Å². The molecule has 2 saturated heterocycles. The van der Waals surface area contributed by atoms with Crippen LogP contribution in [0.4, 0.5) is 5.69 Å². The average molecular weight is 526 g/mol. The first kappa shape index (κ1) is 26.5. The molecule has 2 aliphatic rings. The van der Waals surface area contributed by atoms with E-state index in [1.807, 2.05) is 30.3 Å². The van der Waals surface area contributed by atoms with Gasteiger partial charge in [-0.05, 0) is 51.3 Å². The number of carbonyl (C=O) groups is 4. The lowest BCUT2D eigenvalue weighted by molar-refractivity contribution is -0.168. The number of carbonyl (C=O) groups excluding carboxylic acids is 3. The van der Waals surface area contributed by atoms with Crippen molar-refractivity contribution in [2.75, 3.05) is 5.32 Å². The van der Waals surface area contributed by atoms with Gasteiger partial charge in [-0.25, -0.2) is 4.79 Å². The van der Waals surface area contributed by atoms with Crippen LogP contribution < -0.4 is 15.4 Å². The third kappa shape index (κ3) is 5.16. The molecule has 0 saturated carbocycles. The summed E-state index contributed by atoms with van der Waals surface area (Å²) in [5.74, 6) is -1.93. The van der Waals surface area contributed by atoms with E-state index >= 15 is 0 Å². The van der Waals surface area contributed by atoms with Gasteiger partial charge in [0.05, 0.1) is 5.69 Å². The van der Waals surface area contributed by atoms with Gasteiger partial charge < -0.3 is 25.4 Å². The Balaban J connectivity index is 1.56. The first-order valence-electron chi connectivity index (χ1n) is 12.1. The van der Waals surface area contributed by atoms with Gasteiger partial charge in [0.1, 0.15) is 22.7 Å². The van der Waals surface area contributed by atoms with Gasteiger partial charge in [-0.3, -0.25) is 14.4 Å². The van der Waals surface area contributed by atoms with Gasteiger partial charge in [0.25, 0.3) is 11.8 Å². The molecule has 0 radical (unpaired) electrons. The summed E-state index contributed by atoms with van der Waals surface area (Å²) in [6.07, 6.45) is -0.104. The van der Waals surface area contributed by atoms with E-state index < -0.39 is 45.6 Å². The number of fused-ring (bicyclic) bond motifs is 1. The zero-order valence-corrected chi connectivity index (χ0v) is 22.0. The van der Waals surface area contributed by atoms with Gasteiger partial charge in [-0.1, -0.05) is 42.5 Å². The van der Waals surface area contributed by atoms with Crippen molar-refractivity contribution in [2.45, 2.75) is 68.3 Å². The summed E-state index contributed by atoms with van der Waals surface area (Å²) in [6.45, 7) is 6.58. The summed E-state index contributed by atoms with van der Waals surface area (Å²) >= 11 is 1.36. The highest BCUT2D eigenvalue weighted by Gasteiger charge is 2.70. The lowest BCUT2D eigenvalue weighted by atomic mass is 9.86. The zero-order valence-electron chi connectivity index (χ0n) is 21.2. The molecule has 4 atom stereocenters. The molecular formula is C27H31N3O6S. The number of rotatable bonds is 9. The Bertz CT molecular complexity index is 1220. The van der Waals surface area contributed by atoms with Gasteiger partial charge in [-0.15, -0.1) is 11.8 Å². The van der Waals surface area contributed by atoms with Crippen molar-refractivity contribution in [1.82, 2.24) is 10.2 Å². The Hall–Kier alpha value is -3.53. The Morgan fingerprint density at radius 3 is 2.38 bits per heavy atom. The molecule has 2 aromatic rings. The second-order valence-electron chi connectivity index (χ2n) is 10.0. The molecule has 10 heteroatoms. The second-order valence-corrected chi connectivity index (χ2v) is 11.8. The third-order valence-corrected chi connectivity index (χ3v) is 8.44. The molecule has 0 bridgehead atoms. The number of hydrogen-bond donors (Lipinski definition) is 3. The SMILES string of the molecule is CC(=O)Nc1ccccc1OC(CCc1ccccc1)C(=O)N[C@@]1(C)C(=O)N2[C@@H](C(=O)O)C(C)(C)S[C@@H]21. The maximum atomic E-state index is 13.6. The van der Waals surface area contributed by atoms with Crippen LogP contribution in [0.5, 0.6) is 5.75 Å². The number of carboxylic acid groups (broad SMARTS) is 1. The smallest absolute Gasteiger partial charge is 0.327 e. The van der Waals surface area contributed by atoms with Crippen molar-refractivity contribution in [2.24, 2.45) is 0 Å². The minimum absolute atomic E-state index is 0.275. The fraction of sp³-hybridized carbons (Fsp3) is 0.407. The molecule has 2 aromatic carbocycles. The maximum Gasteiger partial charge on any atom is 0.327 e. The minimum Gasteiger partial charge on any atom is -0.480 e. The molecule has 4 rings (SSSR count). The highest BCUT2D eigenvalue weighted by atomic mass is 32.2. The monoisotopic (exact) mass is 525 g/mol. The minimum atomic E-state index is -1.27. The summed E-state index contributed by atoms with van der Waals surface area (Å²) in [5.41, 5.74) is 0.185. The van der Waals surface area contributed by atoms with Crippen molar-refractivity contribution in [3.8, 4) is 5.75 Å². The van der Waals surface area contributed by atoms with E-state index in [4.69, 9.17) is 4.74 Å². The van der Waals surface area contributed by atoms with Crippen molar-refractivity contribution in [3.63, 3.8) is 0 Å². The van der Waals surface area contributed by atoms with E-state index in [2.05, 4.69) is 10.6 Å². The standard InChI is InChI=1S/C27H31N3O6S/c1-16(31)28-18-12-8-9-13-19(18)36-20(15-14-17-10-6-5-7-11-17)22(32)29-27(4)24(35)30-21(23(33)34)26(2,3)37-25(27)30/h5-13,20-21,25H,14-15H2,1-4H3,(H,28,31)(H,29,32)(H,33,34)/t20?,21-,25+,27-/m0/s1. The lowest BCUT2D eigenvalue weighted by Crippen LogP contribution is -2.78. The molecule has 37 heavy (non-hydrogen) atoms. The predicted molar refractivity (Wildman–Crippen MR) is 140 cm³/mol. The number of β-lactam (4-membered cyclic amide) rings is 1. The average Bonchev–Trinajstić information content (AvgIpc) is 3.12. The van der Waals surface area contributed by atoms with Gasteiger partial charge in [0.15, 0.2) is 6.10 Å². The van der Waals surface area contributed by atoms with Crippen molar-refractivity contribution >= 4 is 41.1 Å². The Morgan fingerprint density at radius 2 is 1.73 bits per heavy atom. The summed E-state index contributed by atoms with van der Waals surface area (Å²) < 4.78 is 5.43. The van der Waals surface area contributed by atoms with Crippen molar-refractivity contribution in [3.05, 3.63) is 60.2 Å². The number of nitrogens with one attached hydrogen (secondary N) is 2. The fourth-order valence-corrected chi connectivity index (χ4v) is 6.52. The van der Waals surface area contributed by atoms with E-state index in [0.717, 1.165) is 5.56 Å². The van der Waals surface area contributed by atoms with Crippen molar-refractivity contribution < 1.29 is 29.0 Å². The molecule has 1 unspecified atom stereocenters. The quantitative estimate of drug-likeness (QED) is 0.430. The van der Waals surface area contributed by atoms with E-state index in [9.17, 15) is 24.3 Å². The Morgan fingerprint density at radius 1 is 1.08 bits per heavy atom. The van der Waals surface area contributed by atoms with E-state index in [1.54, 1.807) is 45.0 Å². The number of carboxylic acids is 1. The Labute approximate surface area is 219 Å². The number of para-hydroxylation sites is 2. The van der Waals surface area contributed by atoms with Crippen LogP contribution in [0.15, 0.2) is 54.6 Å². The molecule has 2 fully saturated rings. The molecule has 9 nitrogen and oxygen atoms in total. The third-order valence-electron chi connectivity index (χ3n) is 6.69. The molecule has 2 aliphatic heterocycles. The predicted octanol–water partition coefficient (Wildman–Crippen LogP) is 3.05. The highest BCUT2D eigenvalue weighted by Crippen LogP contribution is 2.54. The van der Waals surface area contributed by atoms with Crippen LogP contribution in [0.25, 0.3) is 0 Å². The number of amides is 3. The normalized spacial score (nSPS) is 24.4. The second kappa shape index (κ2) is 10.1. The van der Waals surface area contributed by atoms with E-state index in [-0.39, 0.29) is 5.91 Å². The van der Waals surface area contributed by atoms with Crippen LogP contribution >= 0.6 is 11.8 Å². The molecular weight excluding hydrogens is 494 g/mol. The van der Waals surface area contributed by atoms with Crippen LogP contribution in [0.1, 0.15) is 39.7 Å². The number of aryl methyl sites for hydroxylation is 1. The Kier molecular flexibility index (Phi) is 7.23. The first-order chi connectivity index (χ1) is 17.4. The largest absolute Gasteiger partial charge is 0.480 e. The van der Waals surface area contributed by atoms with E-state index in [1.165, 1.54) is 23.6 Å². The molecule has 3 amide bonds. The van der Waals surface area contributed by atoms with Crippen LogP contribution in [-0.4, -0.2) is 61.5 Å². The molecule has 0 spiro atoms. The summed E-state index contributed by atoms with van der Waals surface area (Å²) in [4.78, 5) is 51.7. The van der Waals surface area contributed by atoms with E-state index in [0.29, 0.717) is 24.3 Å². The maximum absolute atomic E-state index is 13.6. The summed E-state index contributed by atoms with van der Waals surface area (Å²) in [6, 6.07) is 15.5. The van der Waals surface area contributed by atoms with Crippen LogP contribution in [0.3, 0.4) is 0 Å². The highest BCUT2D eigenvalue weighted by molar-refractivity contribution is 8.01. The molecule has 196 valence electrons. The van der Waals surface area contributed by atoms with Gasteiger partial charge in [0, 0.05) is 11.7 Å². The number of aliphatic carboxylic acids is 1. The summed E-state index contributed by atoms with van der Waals surface area (Å²) in [5, 5.41) is 14.8. The van der Waals surface area contributed by atoms with Gasteiger partial charge in [0.2, 0.25) is 5.91 Å². The van der Waals surface area contributed by atoms with Gasteiger partial charge in [-0.2, -0.15) is 0 Å². The lowest BCUT2D eigenvalue weighted by Gasteiger charge is -2.51. The van der Waals surface area contributed by atoms with Crippen LogP contribution in [-0.2, 0) is 25.6 Å². The molecule has 3 N–H and O–H groups in total. The number of hydrogen-bond acceptors (Lipinski definition) is 6. The molecule has 0 aromatic heterocycles. The van der Waals surface area contributed by atoms with Gasteiger partial charge >= 0.3 is 5.97 Å². The molecule has 2 heterocycles. The molecule has 0 aliphatic carbocycles. The fourth-order valence-electron chi connectivity index (χ4n) is 4.88. The number of nitrogens with zero attached hydrogens (tertiary/aromatic N) is 1. The topological polar surface area (TPSA) is 125 Å². The number of ether oxygens (including phenoxy) is 1. The number of benzene rings is 2. The summed E-state index contributed by atoms with van der Waals surface area (Å²) in [7, 11) is 0. The van der Waals surface area contributed by atoms with Crippen LogP contribution in [0, 0.1) is 0 Å². The van der Waals surface area contributed by atoms with Crippen LogP contribution in [0.2, 0.25) is 0 Å². The number of anilines is 1. The zero-order chi connectivity index (χ0) is 27.0.